The molecule has 180 valence electrons. The van der Waals surface area contributed by atoms with Crippen LogP contribution in [0.4, 0.5) is 5.69 Å². The smallest absolute Gasteiger partial charge is 0.323 e. The van der Waals surface area contributed by atoms with Crippen LogP contribution >= 0.6 is 0 Å². The van der Waals surface area contributed by atoms with Crippen LogP contribution in [-0.2, 0) is 25.5 Å². The summed E-state index contributed by atoms with van der Waals surface area (Å²) in [4.78, 5) is 38.9. The third-order valence-corrected chi connectivity index (χ3v) is 6.79. The zero-order valence-corrected chi connectivity index (χ0v) is 19.3. The van der Waals surface area contributed by atoms with Crippen LogP contribution in [0.15, 0.2) is 36.4 Å². The molecule has 2 aliphatic rings. The van der Waals surface area contributed by atoms with E-state index in [-0.39, 0.29) is 5.69 Å². The van der Waals surface area contributed by atoms with Crippen molar-refractivity contribution in [3.8, 4) is 11.5 Å². The van der Waals surface area contributed by atoms with Gasteiger partial charge in [0.25, 0.3) is 5.69 Å². The summed E-state index contributed by atoms with van der Waals surface area (Å²) in [5.41, 5.74) is 2.37. The Morgan fingerprint density at radius 2 is 1.59 bits per heavy atom. The predicted octanol–water partition coefficient (Wildman–Crippen LogP) is 2.64. The summed E-state index contributed by atoms with van der Waals surface area (Å²) in [6.45, 7) is 0.504. The summed E-state index contributed by atoms with van der Waals surface area (Å²) in [7, 11) is 5.71. The predicted molar refractivity (Wildman–Crippen MR) is 120 cm³/mol. The largest absolute Gasteiger partial charge is 0.493 e. The lowest BCUT2D eigenvalue weighted by Crippen LogP contribution is -2.43. The molecular formula is C24H26N2O8. The van der Waals surface area contributed by atoms with Gasteiger partial charge in [0.2, 0.25) is 0 Å². The number of hydrogen-bond donors (Lipinski definition) is 0. The molecule has 0 bridgehead atoms. The van der Waals surface area contributed by atoms with Crippen molar-refractivity contribution in [2.24, 2.45) is 5.92 Å². The fourth-order valence-corrected chi connectivity index (χ4v) is 5.33. The first-order valence-electron chi connectivity index (χ1n) is 10.8. The molecule has 4 rings (SSSR count). The molecular weight excluding hydrogens is 444 g/mol. The summed E-state index contributed by atoms with van der Waals surface area (Å²) in [6.07, 6.45) is 0.626. The van der Waals surface area contributed by atoms with Crippen LogP contribution in [0.25, 0.3) is 0 Å². The second kappa shape index (κ2) is 9.30. The number of carbonyl (C=O) groups excluding carboxylic acids is 2. The minimum Gasteiger partial charge on any atom is -0.493 e. The molecule has 2 aliphatic heterocycles. The molecule has 0 amide bonds. The van der Waals surface area contributed by atoms with E-state index >= 15 is 0 Å². The lowest BCUT2D eigenvalue weighted by molar-refractivity contribution is -0.384. The summed E-state index contributed by atoms with van der Waals surface area (Å²) in [5.74, 6) is -1.26. The van der Waals surface area contributed by atoms with Gasteiger partial charge in [0, 0.05) is 24.6 Å². The number of rotatable bonds is 6. The van der Waals surface area contributed by atoms with Crippen LogP contribution in [0.3, 0.4) is 0 Å². The average Bonchev–Trinajstić information content (AvgIpc) is 3.22. The number of carbonyl (C=O) groups is 2. The van der Waals surface area contributed by atoms with E-state index in [9.17, 15) is 19.7 Å². The van der Waals surface area contributed by atoms with E-state index in [0.717, 1.165) is 11.1 Å². The molecule has 0 saturated carbocycles. The first-order valence-corrected chi connectivity index (χ1v) is 10.8. The Kier molecular flexibility index (Phi) is 6.43. The molecule has 0 spiro atoms. The van der Waals surface area contributed by atoms with Crippen LogP contribution in [-0.4, -0.2) is 62.8 Å². The maximum absolute atomic E-state index is 13.2. The third-order valence-electron chi connectivity index (χ3n) is 6.79. The molecule has 1 fully saturated rings. The van der Waals surface area contributed by atoms with Crippen LogP contribution in [0, 0.1) is 16.0 Å². The number of hydrogen-bond acceptors (Lipinski definition) is 9. The van der Waals surface area contributed by atoms with Gasteiger partial charge in [0.05, 0.1) is 45.3 Å². The first kappa shape index (κ1) is 23.5. The molecule has 4 atom stereocenters. The van der Waals surface area contributed by atoms with Crippen LogP contribution in [0.2, 0.25) is 0 Å². The summed E-state index contributed by atoms with van der Waals surface area (Å²) in [6, 6.07) is 8.39. The molecule has 0 aliphatic carbocycles. The molecule has 0 radical (unpaired) electrons. The Balaban J connectivity index is 1.90. The molecule has 2 aromatic rings. The highest BCUT2D eigenvalue weighted by Gasteiger charge is 2.58. The Hall–Kier alpha value is -3.66. The van der Waals surface area contributed by atoms with E-state index in [1.807, 2.05) is 17.0 Å². The van der Waals surface area contributed by atoms with Gasteiger partial charge in [-0.1, -0.05) is 12.1 Å². The molecule has 1 saturated heterocycles. The van der Waals surface area contributed by atoms with Crippen molar-refractivity contribution in [3.63, 3.8) is 0 Å². The number of methoxy groups -OCH3 is 4. The normalized spacial score (nSPS) is 23.4. The number of nitro benzene ring substituents is 1. The van der Waals surface area contributed by atoms with Gasteiger partial charge in [-0.25, -0.2) is 0 Å². The van der Waals surface area contributed by atoms with E-state index in [4.69, 9.17) is 18.9 Å². The molecule has 34 heavy (non-hydrogen) atoms. The minimum atomic E-state index is -0.776. The molecule has 0 N–H and O–H groups in total. The van der Waals surface area contributed by atoms with Crippen molar-refractivity contribution in [2.45, 2.75) is 24.4 Å². The molecule has 10 nitrogen and oxygen atoms in total. The number of esters is 2. The van der Waals surface area contributed by atoms with Gasteiger partial charge in [-0.15, -0.1) is 0 Å². The number of benzene rings is 2. The highest BCUT2D eigenvalue weighted by Crippen LogP contribution is 2.54. The van der Waals surface area contributed by atoms with Gasteiger partial charge in [-0.2, -0.15) is 0 Å². The summed E-state index contributed by atoms with van der Waals surface area (Å²) < 4.78 is 21.3. The standard InChI is InChI=1S/C24H26N2O8/c1-31-17-11-14-9-10-25-21(16(14)12-18(17)32-2)20(23(27)33-3)19(22(25)24(28)34-4)13-5-7-15(8-6-13)26(29)30/h5-8,11-12,19-22H,9-10H2,1-4H3/t19-,20-,21-,22+/m1/s1. The lowest BCUT2D eigenvalue weighted by atomic mass is 9.78. The van der Waals surface area contributed by atoms with E-state index in [2.05, 4.69) is 0 Å². The van der Waals surface area contributed by atoms with E-state index in [1.165, 1.54) is 33.5 Å². The maximum Gasteiger partial charge on any atom is 0.323 e. The Labute approximate surface area is 196 Å². The number of nitro groups is 1. The Morgan fingerprint density at radius 1 is 0.971 bits per heavy atom. The van der Waals surface area contributed by atoms with Gasteiger partial charge < -0.3 is 18.9 Å². The maximum atomic E-state index is 13.2. The molecule has 0 unspecified atom stereocenters. The van der Waals surface area contributed by atoms with Gasteiger partial charge in [0.1, 0.15) is 6.04 Å². The summed E-state index contributed by atoms with van der Waals surface area (Å²) in [5, 5.41) is 11.2. The zero-order valence-electron chi connectivity index (χ0n) is 19.3. The summed E-state index contributed by atoms with van der Waals surface area (Å²) >= 11 is 0. The van der Waals surface area contributed by atoms with Gasteiger partial charge in [0.15, 0.2) is 11.5 Å². The quantitative estimate of drug-likeness (QED) is 0.357. The van der Waals surface area contributed by atoms with Gasteiger partial charge >= 0.3 is 11.9 Å². The SMILES string of the molecule is COC(=O)[C@@H]1[C@@H](c2ccc([N+](=O)[O-])cc2)[C@@H](C(=O)OC)N2CCc3cc(OC)c(OC)cc3[C@H]12. The second-order valence-corrected chi connectivity index (χ2v) is 8.23. The lowest BCUT2D eigenvalue weighted by Gasteiger charge is -2.36. The van der Waals surface area contributed by atoms with Crippen LogP contribution < -0.4 is 9.47 Å². The Bertz CT molecular complexity index is 1120. The minimum absolute atomic E-state index is 0.0779. The molecule has 2 heterocycles. The monoisotopic (exact) mass is 470 g/mol. The fourth-order valence-electron chi connectivity index (χ4n) is 5.33. The molecule has 2 aromatic carbocycles. The van der Waals surface area contributed by atoms with Crippen molar-refractivity contribution in [1.82, 2.24) is 4.90 Å². The number of non-ortho nitro benzene ring substituents is 1. The topological polar surface area (TPSA) is 117 Å². The van der Waals surface area contributed by atoms with Gasteiger partial charge in [-0.3, -0.25) is 24.6 Å². The van der Waals surface area contributed by atoms with Crippen LogP contribution in [0.5, 0.6) is 11.5 Å². The molecule has 10 heteroatoms. The van der Waals surface area contributed by atoms with Crippen molar-refractivity contribution in [1.29, 1.82) is 0 Å². The third kappa shape index (κ3) is 3.73. The molecule has 0 aromatic heterocycles. The number of nitrogens with zero attached hydrogens (tertiary/aromatic N) is 2. The van der Waals surface area contributed by atoms with E-state index in [0.29, 0.717) is 30.0 Å². The number of fused-ring (bicyclic) bond motifs is 3. The average molecular weight is 470 g/mol. The highest BCUT2D eigenvalue weighted by molar-refractivity contribution is 5.83. The van der Waals surface area contributed by atoms with E-state index in [1.54, 1.807) is 19.2 Å². The van der Waals surface area contributed by atoms with Crippen molar-refractivity contribution >= 4 is 17.6 Å². The van der Waals surface area contributed by atoms with Crippen molar-refractivity contribution < 1.29 is 33.5 Å². The zero-order chi connectivity index (χ0) is 24.6. The fraction of sp³-hybridized carbons (Fsp3) is 0.417. The van der Waals surface area contributed by atoms with E-state index < -0.39 is 40.8 Å². The second-order valence-electron chi connectivity index (χ2n) is 8.23. The highest BCUT2D eigenvalue weighted by atomic mass is 16.6. The first-order chi connectivity index (χ1) is 16.4. The van der Waals surface area contributed by atoms with Crippen molar-refractivity contribution in [2.75, 3.05) is 35.0 Å². The van der Waals surface area contributed by atoms with Gasteiger partial charge in [-0.05, 0) is 35.2 Å². The van der Waals surface area contributed by atoms with Crippen LogP contribution in [0.1, 0.15) is 28.7 Å². The number of ether oxygens (including phenoxy) is 4. The van der Waals surface area contributed by atoms with Crippen molar-refractivity contribution in [3.05, 3.63) is 63.2 Å². The Morgan fingerprint density at radius 3 is 2.15 bits per heavy atom.